The zero-order chi connectivity index (χ0) is 14.0. The zero-order valence-corrected chi connectivity index (χ0v) is 12.5. The molecule has 0 fully saturated rings. The van der Waals surface area contributed by atoms with Gasteiger partial charge in [-0.15, -0.1) is 0 Å². The summed E-state index contributed by atoms with van der Waals surface area (Å²) in [6.07, 6.45) is 0. The number of aryl methyl sites for hydroxylation is 1. The Balaban J connectivity index is 2.33. The number of rotatable bonds is 3. The van der Waals surface area contributed by atoms with Crippen molar-refractivity contribution in [3.63, 3.8) is 0 Å². The summed E-state index contributed by atoms with van der Waals surface area (Å²) >= 11 is 8.24. The third-order valence-corrected chi connectivity index (χ3v) is 3.38. The van der Waals surface area contributed by atoms with E-state index >= 15 is 0 Å². The van der Waals surface area contributed by atoms with E-state index < -0.39 is 5.82 Å². The van der Waals surface area contributed by atoms with Gasteiger partial charge in [0.25, 0.3) is 0 Å². The molecule has 0 unspecified atom stereocenters. The van der Waals surface area contributed by atoms with Gasteiger partial charge >= 0.3 is 0 Å². The van der Waals surface area contributed by atoms with Gasteiger partial charge in [-0.2, -0.15) is 0 Å². The van der Waals surface area contributed by atoms with Crippen LogP contribution in [0.3, 0.4) is 0 Å². The number of ether oxygens (including phenoxy) is 1. The monoisotopic (exact) mass is 339 g/mol. The molecular weight excluding hydrogens is 329 g/mol. The van der Waals surface area contributed by atoms with Gasteiger partial charge in [0.15, 0.2) is 11.6 Å². The Bertz CT molecular complexity index is 645. The van der Waals surface area contributed by atoms with Gasteiger partial charge in [0.2, 0.25) is 0 Å². The van der Waals surface area contributed by atoms with Gasteiger partial charge in [-0.1, -0.05) is 18.3 Å². The summed E-state index contributed by atoms with van der Waals surface area (Å²) < 4.78 is 19.8. The fourth-order valence-corrected chi connectivity index (χ4v) is 2.13. The SMILES string of the molecule is Cc1ccc(F)c(Oc2ccc(C(N)=S)cc2Br)c1. The van der Waals surface area contributed by atoms with Gasteiger partial charge in [0.1, 0.15) is 10.7 Å². The maximum Gasteiger partial charge on any atom is 0.165 e. The molecule has 2 rings (SSSR count). The van der Waals surface area contributed by atoms with E-state index in [-0.39, 0.29) is 5.75 Å². The Labute approximate surface area is 124 Å². The number of benzene rings is 2. The van der Waals surface area contributed by atoms with Crippen LogP contribution in [-0.4, -0.2) is 4.99 Å². The van der Waals surface area contributed by atoms with Gasteiger partial charge < -0.3 is 10.5 Å². The second-order valence-corrected chi connectivity index (χ2v) is 5.34. The molecule has 0 bridgehead atoms. The van der Waals surface area contributed by atoms with Gasteiger partial charge in [-0.25, -0.2) is 4.39 Å². The van der Waals surface area contributed by atoms with Crippen LogP contribution in [0, 0.1) is 12.7 Å². The molecule has 0 saturated heterocycles. The normalized spacial score (nSPS) is 10.3. The predicted octanol–water partition coefficient (Wildman–Crippen LogP) is 4.32. The minimum absolute atomic E-state index is 0.184. The minimum atomic E-state index is -0.407. The lowest BCUT2D eigenvalue weighted by atomic mass is 10.2. The number of nitrogens with two attached hydrogens (primary N) is 1. The molecule has 2 nitrogen and oxygen atoms in total. The Hall–Kier alpha value is -1.46. The molecule has 0 saturated carbocycles. The molecule has 0 amide bonds. The molecule has 2 aromatic rings. The minimum Gasteiger partial charge on any atom is -0.453 e. The molecule has 98 valence electrons. The van der Waals surface area contributed by atoms with E-state index in [2.05, 4.69) is 15.9 Å². The number of hydrogen-bond acceptors (Lipinski definition) is 2. The van der Waals surface area contributed by atoms with Crippen LogP contribution in [-0.2, 0) is 0 Å². The molecule has 5 heteroatoms. The molecule has 2 N–H and O–H groups in total. The topological polar surface area (TPSA) is 35.2 Å². The molecule has 0 heterocycles. The highest BCUT2D eigenvalue weighted by Gasteiger charge is 2.09. The van der Waals surface area contributed by atoms with E-state index in [1.807, 2.05) is 6.92 Å². The first-order valence-corrected chi connectivity index (χ1v) is 6.71. The molecule has 0 radical (unpaired) electrons. The molecule has 0 aliphatic rings. The van der Waals surface area contributed by atoms with Crippen molar-refractivity contribution in [3.8, 4) is 11.5 Å². The summed E-state index contributed by atoms with van der Waals surface area (Å²) in [5, 5.41) is 0. The van der Waals surface area contributed by atoms with Crippen molar-refractivity contribution in [2.45, 2.75) is 6.92 Å². The fraction of sp³-hybridized carbons (Fsp3) is 0.0714. The molecule has 0 atom stereocenters. The fourth-order valence-electron chi connectivity index (χ4n) is 1.54. The summed E-state index contributed by atoms with van der Waals surface area (Å²) in [5.41, 5.74) is 7.18. The van der Waals surface area contributed by atoms with E-state index in [1.54, 1.807) is 30.3 Å². The smallest absolute Gasteiger partial charge is 0.165 e. The average Bonchev–Trinajstić information content (AvgIpc) is 2.36. The van der Waals surface area contributed by atoms with Crippen molar-refractivity contribution in [1.29, 1.82) is 0 Å². The van der Waals surface area contributed by atoms with E-state index in [4.69, 9.17) is 22.7 Å². The van der Waals surface area contributed by atoms with Crippen molar-refractivity contribution in [1.82, 2.24) is 0 Å². The maximum atomic E-state index is 13.6. The molecule has 19 heavy (non-hydrogen) atoms. The third kappa shape index (κ3) is 3.30. The average molecular weight is 340 g/mol. The quantitative estimate of drug-likeness (QED) is 0.845. The molecule has 0 aromatic heterocycles. The van der Waals surface area contributed by atoms with Crippen LogP contribution in [0.5, 0.6) is 11.5 Å². The lowest BCUT2D eigenvalue weighted by Gasteiger charge is -2.10. The largest absolute Gasteiger partial charge is 0.453 e. The first-order valence-electron chi connectivity index (χ1n) is 5.51. The lowest BCUT2D eigenvalue weighted by molar-refractivity contribution is 0.439. The summed E-state index contributed by atoms with van der Waals surface area (Å²) in [7, 11) is 0. The van der Waals surface area contributed by atoms with Gasteiger partial charge in [0.05, 0.1) is 4.47 Å². The van der Waals surface area contributed by atoms with Crippen LogP contribution in [0.4, 0.5) is 4.39 Å². The van der Waals surface area contributed by atoms with E-state index in [9.17, 15) is 4.39 Å². The van der Waals surface area contributed by atoms with Crippen LogP contribution in [0.1, 0.15) is 11.1 Å². The van der Waals surface area contributed by atoms with Crippen molar-refractivity contribution in [2.75, 3.05) is 0 Å². The molecule has 0 spiro atoms. The zero-order valence-electron chi connectivity index (χ0n) is 10.1. The van der Waals surface area contributed by atoms with Crippen molar-refractivity contribution in [3.05, 3.63) is 57.8 Å². The van der Waals surface area contributed by atoms with E-state index in [1.165, 1.54) is 6.07 Å². The maximum absolute atomic E-state index is 13.6. The highest BCUT2D eigenvalue weighted by atomic mass is 79.9. The highest BCUT2D eigenvalue weighted by molar-refractivity contribution is 9.10. The van der Waals surface area contributed by atoms with Crippen molar-refractivity contribution in [2.24, 2.45) is 5.73 Å². The first kappa shape index (κ1) is 14.0. The summed E-state index contributed by atoms with van der Waals surface area (Å²) in [6.45, 7) is 1.87. The van der Waals surface area contributed by atoms with Gasteiger partial charge in [0, 0.05) is 5.56 Å². The molecular formula is C14H11BrFNOS. The molecule has 2 aromatic carbocycles. The Morgan fingerprint density at radius 1 is 1.21 bits per heavy atom. The van der Waals surface area contributed by atoms with Crippen molar-refractivity contribution < 1.29 is 9.13 Å². The lowest BCUT2D eigenvalue weighted by Crippen LogP contribution is -2.09. The summed E-state index contributed by atoms with van der Waals surface area (Å²) in [5.74, 6) is 0.282. The predicted molar refractivity (Wildman–Crippen MR) is 81.2 cm³/mol. The first-order chi connectivity index (χ1) is 8.97. The van der Waals surface area contributed by atoms with Crippen LogP contribution < -0.4 is 10.5 Å². The third-order valence-electron chi connectivity index (χ3n) is 2.52. The van der Waals surface area contributed by atoms with Crippen LogP contribution >= 0.6 is 28.1 Å². The molecule has 0 aliphatic carbocycles. The Kier molecular flexibility index (Phi) is 4.17. The number of thiocarbonyl (C=S) groups is 1. The van der Waals surface area contributed by atoms with E-state index in [0.29, 0.717) is 15.2 Å². The number of hydrogen-bond donors (Lipinski definition) is 1. The van der Waals surface area contributed by atoms with Crippen LogP contribution in [0.2, 0.25) is 0 Å². The number of halogens is 2. The Morgan fingerprint density at radius 2 is 1.95 bits per heavy atom. The molecule has 0 aliphatic heterocycles. The highest BCUT2D eigenvalue weighted by Crippen LogP contribution is 2.32. The van der Waals surface area contributed by atoms with Gasteiger partial charge in [-0.3, -0.25) is 0 Å². The second kappa shape index (κ2) is 5.67. The van der Waals surface area contributed by atoms with Crippen LogP contribution in [0.15, 0.2) is 40.9 Å². The second-order valence-electron chi connectivity index (χ2n) is 4.05. The van der Waals surface area contributed by atoms with Gasteiger partial charge in [-0.05, 0) is 58.7 Å². The van der Waals surface area contributed by atoms with Crippen molar-refractivity contribution >= 4 is 33.1 Å². The van der Waals surface area contributed by atoms with Crippen LogP contribution in [0.25, 0.3) is 0 Å². The standard InChI is InChI=1S/C14H11BrFNOS/c1-8-2-4-11(16)13(6-8)18-12-5-3-9(14(17)19)7-10(12)15/h2-7H,1H3,(H2,17,19). The summed E-state index contributed by atoms with van der Waals surface area (Å²) in [6, 6.07) is 9.88. The van der Waals surface area contributed by atoms with E-state index in [0.717, 1.165) is 11.1 Å². The Morgan fingerprint density at radius 3 is 2.58 bits per heavy atom. The summed E-state index contributed by atoms with van der Waals surface area (Å²) in [4.78, 5) is 0.300.